The van der Waals surface area contributed by atoms with Crippen LogP contribution in [0.1, 0.15) is 18.4 Å². The van der Waals surface area contributed by atoms with Crippen molar-refractivity contribution in [2.45, 2.75) is 30.5 Å². The molecule has 168 valence electrons. The van der Waals surface area contributed by atoms with Gasteiger partial charge in [0.15, 0.2) is 0 Å². The summed E-state index contributed by atoms with van der Waals surface area (Å²) in [5.41, 5.74) is 0.566. The number of carbonyl (C=O) groups is 1. The molecule has 0 spiro atoms. The molecule has 0 aromatic heterocycles. The lowest BCUT2D eigenvalue weighted by molar-refractivity contribution is -0.274. The summed E-state index contributed by atoms with van der Waals surface area (Å²) >= 11 is 0. The summed E-state index contributed by atoms with van der Waals surface area (Å²) in [6.07, 6.45) is -3.45. The van der Waals surface area contributed by atoms with Crippen LogP contribution < -0.4 is 10.1 Å². The SMILES string of the molecule is O=C(Cc1ccc(OC(F)(F)F)cc1)NCC1CCN(S(=O)(=O)c2ccccc2)CC1. The van der Waals surface area contributed by atoms with Crippen molar-refractivity contribution < 1.29 is 31.1 Å². The molecule has 1 fully saturated rings. The van der Waals surface area contributed by atoms with Crippen LogP contribution in [0.4, 0.5) is 13.2 Å². The minimum atomic E-state index is -4.76. The first-order valence-corrected chi connectivity index (χ1v) is 11.2. The highest BCUT2D eigenvalue weighted by Crippen LogP contribution is 2.24. The van der Waals surface area contributed by atoms with Crippen LogP contribution in [0.15, 0.2) is 59.5 Å². The van der Waals surface area contributed by atoms with Crippen molar-refractivity contribution in [3.63, 3.8) is 0 Å². The Bertz CT molecular complexity index is 972. The third kappa shape index (κ3) is 6.70. The van der Waals surface area contributed by atoms with Crippen molar-refractivity contribution in [3.8, 4) is 5.75 Å². The molecule has 1 saturated heterocycles. The van der Waals surface area contributed by atoms with Gasteiger partial charge in [0.05, 0.1) is 11.3 Å². The van der Waals surface area contributed by atoms with E-state index in [9.17, 15) is 26.4 Å². The summed E-state index contributed by atoms with van der Waals surface area (Å²) in [5, 5.41) is 2.82. The van der Waals surface area contributed by atoms with Crippen molar-refractivity contribution in [1.82, 2.24) is 9.62 Å². The van der Waals surface area contributed by atoms with Gasteiger partial charge in [0.1, 0.15) is 5.75 Å². The first kappa shape index (κ1) is 23.1. The number of sulfonamides is 1. The molecule has 1 aliphatic heterocycles. The second-order valence-corrected chi connectivity index (χ2v) is 9.27. The van der Waals surface area contributed by atoms with Crippen molar-refractivity contribution >= 4 is 15.9 Å². The van der Waals surface area contributed by atoms with Crippen molar-refractivity contribution in [1.29, 1.82) is 0 Å². The van der Waals surface area contributed by atoms with E-state index in [0.29, 0.717) is 38.0 Å². The Kier molecular flexibility index (Phi) is 7.22. The summed E-state index contributed by atoms with van der Waals surface area (Å²) in [7, 11) is -3.51. The van der Waals surface area contributed by atoms with Crippen LogP contribution >= 0.6 is 0 Å². The molecule has 1 heterocycles. The van der Waals surface area contributed by atoms with Crippen molar-refractivity contribution in [2.75, 3.05) is 19.6 Å². The smallest absolute Gasteiger partial charge is 0.406 e. The Balaban J connectivity index is 1.43. The molecule has 31 heavy (non-hydrogen) atoms. The summed E-state index contributed by atoms with van der Waals surface area (Å²) in [5.74, 6) is -0.425. The highest BCUT2D eigenvalue weighted by atomic mass is 32.2. The fourth-order valence-corrected chi connectivity index (χ4v) is 4.90. The number of hydrogen-bond acceptors (Lipinski definition) is 4. The van der Waals surface area contributed by atoms with Gasteiger partial charge >= 0.3 is 6.36 Å². The highest BCUT2D eigenvalue weighted by molar-refractivity contribution is 7.89. The molecular formula is C21H23F3N2O4S. The topological polar surface area (TPSA) is 75.7 Å². The molecule has 0 aliphatic carbocycles. The Hall–Kier alpha value is -2.59. The van der Waals surface area contributed by atoms with E-state index in [1.54, 1.807) is 30.3 Å². The van der Waals surface area contributed by atoms with E-state index >= 15 is 0 Å². The number of nitrogens with zero attached hydrogens (tertiary/aromatic N) is 1. The monoisotopic (exact) mass is 456 g/mol. The summed E-state index contributed by atoms with van der Waals surface area (Å²) < 4.78 is 67.1. The average molecular weight is 456 g/mol. The fourth-order valence-electron chi connectivity index (χ4n) is 3.41. The van der Waals surface area contributed by atoms with Crippen LogP contribution in [0.25, 0.3) is 0 Å². The Labute approximate surface area is 179 Å². The number of amides is 1. The van der Waals surface area contributed by atoms with Gasteiger partial charge < -0.3 is 10.1 Å². The van der Waals surface area contributed by atoms with Crippen LogP contribution in [0.3, 0.4) is 0 Å². The highest BCUT2D eigenvalue weighted by Gasteiger charge is 2.31. The molecule has 0 bridgehead atoms. The fraction of sp³-hybridized carbons (Fsp3) is 0.381. The zero-order valence-electron chi connectivity index (χ0n) is 16.6. The van der Waals surface area contributed by atoms with Gasteiger partial charge in [-0.2, -0.15) is 4.31 Å². The van der Waals surface area contributed by atoms with Crippen LogP contribution in [-0.4, -0.2) is 44.6 Å². The Morgan fingerprint density at radius 2 is 1.65 bits per heavy atom. The normalized spacial score (nSPS) is 16.1. The molecule has 10 heteroatoms. The molecule has 2 aromatic rings. The lowest BCUT2D eigenvalue weighted by atomic mass is 9.98. The Morgan fingerprint density at radius 1 is 1.03 bits per heavy atom. The maximum absolute atomic E-state index is 12.6. The zero-order chi connectivity index (χ0) is 22.5. The molecule has 0 atom stereocenters. The van der Waals surface area contributed by atoms with E-state index in [2.05, 4.69) is 10.1 Å². The number of benzene rings is 2. The number of rotatable bonds is 7. The van der Waals surface area contributed by atoms with Gasteiger partial charge in [-0.25, -0.2) is 8.42 Å². The number of piperidine rings is 1. The molecule has 0 radical (unpaired) electrons. The summed E-state index contributed by atoms with van der Waals surface area (Å²) in [6.45, 7) is 1.20. The van der Waals surface area contributed by atoms with Gasteiger partial charge in [-0.1, -0.05) is 30.3 Å². The zero-order valence-corrected chi connectivity index (χ0v) is 17.5. The predicted octanol–water partition coefficient (Wildman–Crippen LogP) is 3.34. The molecule has 0 saturated carbocycles. The number of ether oxygens (including phenoxy) is 1. The van der Waals surface area contributed by atoms with E-state index in [0.717, 1.165) is 0 Å². The second kappa shape index (κ2) is 9.69. The van der Waals surface area contributed by atoms with Gasteiger partial charge in [-0.15, -0.1) is 13.2 Å². The number of nitrogens with one attached hydrogen (secondary N) is 1. The number of alkyl halides is 3. The minimum absolute atomic E-state index is 0.0352. The molecule has 2 aromatic carbocycles. The van der Waals surface area contributed by atoms with E-state index < -0.39 is 16.4 Å². The molecule has 1 aliphatic rings. The van der Waals surface area contributed by atoms with Gasteiger partial charge in [-0.05, 0) is 48.6 Å². The van der Waals surface area contributed by atoms with Crippen LogP contribution in [0.5, 0.6) is 5.75 Å². The van der Waals surface area contributed by atoms with E-state index in [4.69, 9.17) is 0 Å². The van der Waals surface area contributed by atoms with Crippen molar-refractivity contribution in [3.05, 3.63) is 60.2 Å². The lowest BCUT2D eigenvalue weighted by Gasteiger charge is -2.31. The van der Waals surface area contributed by atoms with Gasteiger partial charge in [-0.3, -0.25) is 4.79 Å². The number of halogens is 3. The average Bonchev–Trinajstić information content (AvgIpc) is 2.73. The van der Waals surface area contributed by atoms with Gasteiger partial charge in [0, 0.05) is 19.6 Å². The molecule has 3 rings (SSSR count). The third-order valence-corrected chi connectivity index (χ3v) is 6.98. The van der Waals surface area contributed by atoms with E-state index in [-0.39, 0.29) is 28.9 Å². The van der Waals surface area contributed by atoms with Crippen LogP contribution in [0.2, 0.25) is 0 Å². The van der Waals surface area contributed by atoms with Crippen LogP contribution in [0, 0.1) is 5.92 Å². The quantitative estimate of drug-likeness (QED) is 0.694. The minimum Gasteiger partial charge on any atom is -0.406 e. The predicted molar refractivity (Wildman–Crippen MR) is 108 cm³/mol. The van der Waals surface area contributed by atoms with Gasteiger partial charge in [0.25, 0.3) is 0 Å². The summed E-state index contributed by atoms with van der Waals surface area (Å²) in [6, 6.07) is 13.4. The Morgan fingerprint density at radius 3 is 2.23 bits per heavy atom. The van der Waals surface area contributed by atoms with Gasteiger partial charge in [0.2, 0.25) is 15.9 Å². The molecule has 1 N–H and O–H groups in total. The molecule has 6 nitrogen and oxygen atoms in total. The maximum Gasteiger partial charge on any atom is 0.573 e. The van der Waals surface area contributed by atoms with Crippen LogP contribution in [-0.2, 0) is 21.2 Å². The van der Waals surface area contributed by atoms with E-state index in [1.807, 2.05) is 0 Å². The number of carbonyl (C=O) groups excluding carboxylic acids is 1. The molecule has 0 unspecified atom stereocenters. The van der Waals surface area contributed by atoms with Crippen molar-refractivity contribution in [2.24, 2.45) is 5.92 Å². The number of hydrogen-bond donors (Lipinski definition) is 1. The summed E-state index contributed by atoms with van der Waals surface area (Å²) in [4.78, 5) is 12.4. The maximum atomic E-state index is 12.6. The lowest BCUT2D eigenvalue weighted by Crippen LogP contribution is -2.41. The molecular weight excluding hydrogens is 433 g/mol. The third-order valence-electron chi connectivity index (χ3n) is 5.06. The van der Waals surface area contributed by atoms with E-state index in [1.165, 1.54) is 28.6 Å². The molecule has 1 amide bonds. The first-order valence-electron chi connectivity index (χ1n) is 9.80. The largest absolute Gasteiger partial charge is 0.573 e. The second-order valence-electron chi connectivity index (χ2n) is 7.33. The standard InChI is InChI=1S/C21H23F3N2O4S/c22-21(23,24)30-18-8-6-16(7-9-18)14-20(27)25-15-17-10-12-26(13-11-17)31(28,29)19-4-2-1-3-5-19/h1-9,17H,10-15H2,(H,25,27). The first-order chi connectivity index (χ1) is 14.6.